The molecule has 1 fully saturated rings. The van der Waals surface area contributed by atoms with Crippen LogP contribution >= 0.6 is 0 Å². The number of hydrogen-bond donors (Lipinski definition) is 1. The fraction of sp³-hybridized carbons (Fsp3) is 0.273. The molecule has 33 heavy (non-hydrogen) atoms. The normalized spacial score (nSPS) is 18.0. The number of hydrogen-bond acceptors (Lipinski definition) is 7. The van der Waals surface area contributed by atoms with Gasteiger partial charge in [0, 0.05) is 50.3 Å². The summed E-state index contributed by atoms with van der Waals surface area (Å²) >= 11 is 0. The van der Waals surface area contributed by atoms with Gasteiger partial charge < -0.3 is 20.1 Å². The second-order valence-corrected chi connectivity index (χ2v) is 7.59. The molecular formula is C22H21F2N5O4. The van der Waals surface area contributed by atoms with Gasteiger partial charge in [-0.1, -0.05) is 6.58 Å². The van der Waals surface area contributed by atoms with Crippen molar-refractivity contribution < 1.29 is 23.0 Å². The van der Waals surface area contributed by atoms with Crippen molar-refractivity contribution in [1.29, 1.82) is 0 Å². The van der Waals surface area contributed by atoms with Crippen LogP contribution in [0.1, 0.15) is 0 Å². The number of methoxy groups -OCH3 is 1. The van der Waals surface area contributed by atoms with E-state index in [1.165, 1.54) is 30.0 Å². The van der Waals surface area contributed by atoms with E-state index in [-0.39, 0.29) is 47.6 Å². The maximum absolute atomic E-state index is 14.1. The highest BCUT2D eigenvalue weighted by Gasteiger charge is 2.35. The molecule has 1 aliphatic heterocycles. The molecule has 3 aromatic rings. The van der Waals surface area contributed by atoms with Crippen LogP contribution in [0.5, 0.6) is 11.5 Å². The van der Waals surface area contributed by atoms with Crippen molar-refractivity contribution in [3.8, 4) is 11.5 Å². The van der Waals surface area contributed by atoms with E-state index in [4.69, 9.17) is 15.2 Å². The first kappa shape index (κ1) is 22.3. The number of anilines is 1. The Morgan fingerprint density at radius 3 is 2.79 bits per heavy atom. The summed E-state index contributed by atoms with van der Waals surface area (Å²) in [5, 5.41) is 0.423. The minimum absolute atomic E-state index is 0.0351. The molecule has 9 nitrogen and oxygen atoms in total. The third-order valence-electron chi connectivity index (χ3n) is 5.51. The van der Waals surface area contributed by atoms with Crippen molar-refractivity contribution in [3.63, 3.8) is 0 Å². The number of carbonyl (C=O) groups is 1. The summed E-state index contributed by atoms with van der Waals surface area (Å²) in [6.07, 6.45) is 2.29. The molecule has 2 aromatic heterocycles. The molecule has 0 radical (unpaired) electrons. The minimum atomic E-state index is -0.955. The van der Waals surface area contributed by atoms with Crippen LogP contribution in [0.25, 0.3) is 11.0 Å². The summed E-state index contributed by atoms with van der Waals surface area (Å²) < 4.78 is 39.8. The van der Waals surface area contributed by atoms with Crippen molar-refractivity contribution >= 4 is 22.9 Å². The first-order valence-electron chi connectivity index (χ1n) is 10.0. The number of halogens is 2. The molecule has 1 amide bonds. The molecule has 4 rings (SSSR count). The maximum atomic E-state index is 14.1. The largest absolute Gasteiger partial charge is 0.448 e. The third-order valence-corrected chi connectivity index (χ3v) is 5.51. The van der Waals surface area contributed by atoms with Crippen LogP contribution in [0.4, 0.5) is 14.7 Å². The number of amides is 1. The summed E-state index contributed by atoms with van der Waals surface area (Å²) in [6.45, 7) is 4.29. The number of nitrogens with two attached hydrogens (primary N) is 1. The molecule has 11 heteroatoms. The standard InChI is InChI=1S/C22H21F2N5O4/c1-3-19(30)28-9-13(18(11-28)32-2)10-29-20-12(8-26-22(25)27-20)6-17(21(29)31)33-16-5-4-14(23)7-15(16)24/h3-8,13,18H,1,9-11H2,2H3,(H2,25,26,27)/t13-,18+/m1/s1. The van der Waals surface area contributed by atoms with Gasteiger partial charge in [0.2, 0.25) is 11.9 Å². The van der Waals surface area contributed by atoms with E-state index in [1.807, 2.05) is 0 Å². The van der Waals surface area contributed by atoms with Gasteiger partial charge in [0.25, 0.3) is 5.56 Å². The Morgan fingerprint density at radius 2 is 2.09 bits per heavy atom. The van der Waals surface area contributed by atoms with Crippen LogP contribution in [0.3, 0.4) is 0 Å². The zero-order chi connectivity index (χ0) is 23.7. The number of aromatic nitrogens is 3. The summed E-state index contributed by atoms with van der Waals surface area (Å²) in [6, 6.07) is 4.14. The Morgan fingerprint density at radius 1 is 1.30 bits per heavy atom. The highest BCUT2D eigenvalue weighted by Crippen LogP contribution is 2.27. The van der Waals surface area contributed by atoms with Crippen molar-refractivity contribution in [2.24, 2.45) is 5.92 Å². The number of benzene rings is 1. The number of likely N-dealkylation sites (tertiary alicyclic amines) is 1. The van der Waals surface area contributed by atoms with Crippen molar-refractivity contribution in [2.75, 3.05) is 25.9 Å². The molecule has 1 aliphatic rings. The first-order valence-corrected chi connectivity index (χ1v) is 10.0. The monoisotopic (exact) mass is 457 g/mol. The smallest absolute Gasteiger partial charge is 0.295 e. The molecule has 2 N–H and O–H groups in total. The van der Waals surface area contributed by atoms with E-state index >= 15 is 0 Å². The molecule has 0 saturated carbocycles. The van der Waals surface area contributed by atoms with Gasteiger partial charge in [-0.05, 0) is 24.3 Å². The fourth-order valence-corrected chi connectivity index (χ4v) is 3.89. The van der Waals surface area contributed by atoms with Crippen molar-refractivity contribution in [3.05, 3.63) is 65.1 Å². The average molecular weight is 457 g/mol. The van der Waals surface area contributed by atoms with E-state index in [2.05, 4.69) is 16.5 Å². The maximum Gasteiger partial charge on any atom is 0.295 e. The lowest BCUT2D eigenvalue weighted by molar-refractivity contribution is -0.125. The zero-order valence-corrected chi connectivity index (χ0v) is 17.7. The molecule has 0 unspecified atom stereocenters. The number of nitrogens with zero attached hydrogens (tertiary/aromatic N) is 4. The Labute approximate surface area is 187 Å². The highest BCUT2D eigenvalue weighted by molar-refractivity contribution is 5.87. The van der Waals surface area contributed by atoms with Crippen LogP contribution in [0.15, 0.2) is 47.9 Å². The van der Waals surface area contributed by atoms with Crippen LogP contribution < -0.4 is 16.0 Å². The Bertz CT molecular complexity index is 1300. The topological polar surface area (TPSA) is 113 Å². The van der Waals surface area contributed by atoms with E-state index in [0.717, 1.165) is 12.1 Å². The molecule has 172 valence electrons. The zero-order valence-electron chi connectivity index (χ0n) is 17.7. The SMILES string of the molecule is C=CC(=O)N1C[C@H](Cn2c(=O)c(Oc3ccc(F)cc3F)cc3cnc(N)nc32)[C@@H](OC)C1. The molecule has 0 bridgehead atoms. The van der Waals surface area contributed by atoms with Crippen molar-refractivity contribution in [2.45, 2.75) is 12.6 Å². The average Bonchev–Trinajstić information content (AvgIpc) is 3.21. The van der Waals surface area contributed by atoms with E-state index in [9.17, 15) is 18.4 Å². The lowest BCUT2D eigenvalue weighted by Gasteiger charge is -2.19. The molecule has 1 saturated heterocycles. The van der Waals surface area contributed by atoms with E-state index in [0.29, 0.717) is 24.5 Å². The van der Waals surface area contributed by atoms with Gasteiger partial charge in [0.1, 0.15) is 11.5 Å². The Hall–Kier alpha value is -3.86. The van der Waals surface area contributed by atoms with Crippen molar-refractivity contribution in [1.82, 2.24) is 19.4 Å². The van der Waals surface area contributed by atoms with Gasteiger partial charge in [0.15, 0.2) is 17.3 Å². The number of fused-ring (bicyclic) bond motifs is 1. The molecule has 0 aliphatic carbocycles. The molecule has 3 heterocycles. The van der Waals surface area contributed by atoms with Crippen LogP contribution in [-0.4, -0.2) is 51.6 Å². The highest BCUT2D eigenvalue weighted by atomic mass is 19.1. The summed E-state index contributed by atoms with van der Waals surface area (Å²) in [4.78, 5) is 35.1. The predicted octanol–water partition coefficient (Wildman–Crippen LogP) is 2.10. The number of nitrogen functional groups attached to an aromatic ring is 1. The van der Waals surface area contributed by atoms with Gasteiger partial charge in [-0.15, -0.1) is 0 Å². The molecule has 1 aromatic carbocycles. The number of pyridine rings is 1. The molecule has 0 spiro atoms. The second kappa shape index (κ2) is 8.94. The number of ether oxygens (including phenoxy) is 2. The minimum Gasteiger partial charge on any atom is -0.448 e. The predicted molar refractivity (Wildman–Crippen MR) is 116 cm³/mol. The Balaban J connectivity index is 1.77. The Kier molecular flexibility index (Phi) is 6.05. The summed E-state index contributed by atoms with van der Waals surface area (Å²) in [5.74, 6) is -2.77. The second-order valence-electron chi connectivity index (χ2n) is 7.59. The van der Waals surface area contributed by atoms with Gasteiger partial charge in [-0.2, -0.15) is 4.98 Å². The molecule has 2 atom stereocenters. The summed E-state index contributed by atoms with van der Waals surface area (Å²) in [7, 11) is 1.53. The van der Waals surface area contributed by atoms with Crippen LogP contribution in [0.2, 0.25) is 0 Å². The van der Waals surface area contributed by atoms with Gasteiger partial charge in [0.05, 0.1) is 6.10 Å². The van der Waals surface area contributed by atoms with Crippen LogP contribution in [0, 0.1) is 17.6 Å². The fourth-order valence-electron chi connectivity index (χ4n) is 3.89. The van der Waals surface area contributed by atoms with Gasteiger partial charge in [-0.25, -0.2) is 13.8 Å². The molecular weight excluding hydrogens is 436 g/mol. The first-order chi connectivity index (χ1) is 15.8. The lowest BCUT2D eigenvalue weighted by Crippen LogP contribution is -2.31. The van der Waals surface area contributed by atoms with E-state index in [1.54, 1.807) is 4.90 Å². The van der Waals surface area contributed by atoms with Crippen LogP contribution in [-0.2, 0) is 16.1 Å². The van der Waals surface area contributed by atoms with Gasteiger partial charge >= 0.3 is 0 Å². The number of rotatable bonds is 6. The van der Waals surface area contributed by atoms with E-state index < -0.39 is 17.2 Å². The lowest BCUT2D eigenvalue weighted by atomic mass is 10.1. The number of carbonyl (C=O) groups excluding carboxylic acids is 1. The summed E-state index contributed by atoms with van der Waals surface area (Å²) in [5.41, 5.74) is 5.39. The van der Waals surface area contributed by atoms with Gasteiger partial charge in [-0.3, -0.25) is 14.2 Å². The quantitative estimate of drug-likeness (QED) is 0.564. The third kappa shape index (κ3) is 4.40.